The third kappa shape index (κ3) is 5.48. The van der Waals surface area contributed by atoms with Gasteiger partial charge in [-0.1, -0.05) is 47.5 Å². The largest absolute Gasteiger partial charge is 0.332 e. The number of hydrogen-bond acceptors (Lipinski definition) is 1. The maximum absolute atomic E-state index is 5.33. The van der Waals surface area contributed by atoms with Crippen LogP contribution in [0, 0.1) is 0 Å². The first kappa shape index (κ1) is 16.0. The Hall–Kier alpha value is -1.39. The van der Waals surface area contributed by atoms with Crippen molar-refractivity contribution in [2.24, 2.45) is 0 Å². The van der Waals surface area contributed by atoms with Gasteiger partial charge in [-0.15, -0.1) is 0 Å². The van der Waals surface area contributed by atoms with Crippen LogP contribution in [0.3, 0.4) is 0 Å². The van der Waals surface area contributed by atoms with E-state index >= 15 is 0 Å². The SMILES string of the molecule is CCCCc1ccc(NC(=S)Nc2cccc(Br)c2)cc1. The smallest absolute Gasteiger partial charge is 0.175 e. The molecule has 0 aliphatic carbocycles. The summed E-state index contributed by atoms with van der Waals surface area (Å²) in [6, 6.07) is 16.4. The second-order valence-electron chi connectivity index (χ2n) is 4.89. The maximum atomic E-state index is 5.33. The Labute approximate surface area is 140 Å². The second kappa shape index (κ2) is 8.15. The zero-order valence-corrected chi connectivity index (χ0v) is 14.4. The Morgan fingerprint density at radius 1 is 1.05 bits per heavy atom. The summed E-state index contributed by atoms with van der Waals surface area (Å²) in [5.74, 6) is 0. The van der Waals surface area contributed by atoms with Crippen LogP contribution in [0.5, 0.6) is 0 Å². The summed E-state index contributed by atoms with van der Waals surface area (Å²) in [5.41, 5.74) is 3.33. The third-order valence-electron chi connectivity index (χ3n) is 3.11. The number of nitrogens with one attached hydrogen (secondary N) is 2. The summed E-state index contributed by atoms with van der Waals surface area (Å²) in [4.78, 5) is 0. The number of anilines is 2. The summed E-state index contributed by atoms with van der Waals surface area (Å²) < 4.78 is 1.02. The second-order valence-corrected chi connectivity index (χ2v) is 6.21. The van der Waals surface area contributed by atoms with Crippen LogP contribution in [0.1, 0.15) is 25.3 Å². The van der Waals surface area contributed by atoms with E-state index in [1.165, 1.54) is 18.4 Å². The Balaban J connectivity index is 1.90. The lowest BCUT2D eigenvalue weighted by Gasteiger charge is -2.11. The highest BCUT2D eigenvalue weighted by Gasteiger charge is 2.00. The molecule has 2 N–H and O–H groups in total. The molecule has 21 heavy (non-hydrogen) atoms. The standard InChI is InChI=1S/C17H19BrN2S/c1-2-3-5-13-8-10-15(11-9-13)19-17(21)20-16-7-4-6-14(18)12-16/h4,6-12H,2-3,5H2,1H3,(H2,19,20,21). The molecule has 0 atom stereocenters. The Bertz CT molecular complexity index is 596. The molecule has 2 nitrogen and oxygen atoms in total. The molecule has 0 amide bonds. The molecular formula is C17H19BrN2S. The van der Waals surface area contributed by atoms with Crippen molar-refractivity contribution >= 4 is 44.6 Å². The van der Waals surface area contributed by atoms with E-state index in [-0.39, 0.29) is 0 Å². The average molecular weight is 363 g/mol. The Kier molecular flexibility index (Phi) is 6.21. The van der Waals surface area contributed by atoms with Gasteiger partial charge in [0.2, 0.25) is 0 Å². The summed E-state index contributed by atoms with van der Waals surface area (Å²) in [6.07, 6.45) is 3.59. The predicted molar refractivity (Wildman–Crippen MR) is 99.0 cm³/mol. The molecule has 0 aliphatic heterocycles. The molecule has 0 saturated heterocycles. The van der Waals surface area contributed by atoms with Gasteiger partial charge in [0.15, 0.2) is 5.11 Å². The van der Waals surface area contributed by atoms with Gasteiger partial charge in [-0.05, 0) is 61.0 Å². The molecule has 4 heteroatoms. The lowest BCUT2D eigenvalue weighted by molar-refractivity contribution is 0.795. The molecule has 0 aromatic heterocycles. The fraction of sp³-hybridized carbons (Fsp3) is 0.235. The van der Waals surface area contributed by atoms with Crippen molar-refractivity contribution < 1.29 is 0 Å². The van der Waals surface area contributed by atoms with Crippen molar-refractivity contribution in [3.05, 3.63) is 58.6 Å². The normalized spacial score (nSPS) is 10.2. The van der Waals surface area contributed by atoms with Crippen molar-refractivity contribution in [2.45, 2.75) is 26.2 Å². The molecule has 0 unspecified atom stereocenters. The average Bonchev–Trinajstić information content (AvgIpc) is 2.46. The van der Waals surface area contributed by atoms with Crippen LogP contribution in [0.15, 0.2) is 53.0 Å². The van der Waals surface area contributed by atoms with Gasteiger partial charge in [-0.25, -0.2) is 0 Å². The molecule has 0 saturated carbocycles. The van der Waals surface area contributed by atoms with E-state index in [2.05, 4.69) is 57.8 Å². The van der Waals surface area contributed by atoms with Crippen LogP contribution in [0.25, 0.3) is 0 Å². The minimum Gasteiger partial charge on any atom is -0.332 e. The molecule has 0 fully saturated rings. The highest BCUT2D eigenvalue weighted by molar-refractivity contribution is 9.10. The number of rotatable bonds is 5. The fourth-order valence-corrected chi connectivity index (χ4v) is 2.63. The first-order valence-electron chi connectivity index (χ1n) is 7.10. The molecule has 2 aromatic rings. The van der Waals surface area contributed by atoms with Crippen LogP contribution >= 0.6 is 28.1 Å². The monoisotopic (exact) mass is 362 g/mol. The fourth-order valence-electron chi connectivity index (χ4n) is 2.00. The minimum absolute atomic E-state index is 0.592. The van der Waals surface area contributed by atoms with Crippen LogP contribution in [0.4, 0.5) is 11.4 Å². The van der Waals surface area contributed by atoms with Gasteiger partial charge in [-0.3, -0.25) is 0 Å². The summed E-state index contributed by atoms with van der Waals surface area (Å²) in [7, 11) is 0. The molecule has 0 radical (unpaired) electrons. The van der Waals surface area contributed by atoms with E-state index in [1.807, 2.05) is 24.3 Å². The molecule has 0 bridgehead atoms. The number of thiocarbonyl (C=S) groups is 1. The van der Waals surface area contributed by atoms with Crippen molar-refractivity contribution in [3.8, 4) is 0 Å². The van der Waals surface area contributed by atoms with Gasteiger partial charge < -0.3 is 10.6 Å². The topological polar surface area (TPSA) is 24.1 Å². The molecule has 2 aromatic carbocycles. The first-order valence-corrected chi connectivity index (χ1v) is 8.30. The van der Waals surface area contributed by atoms with Gasteiger partial charge in [0.1, 0.15) is 0 Å². The van der Waals surface area contributed by atoms with Crippen molar-refractivity contribution in [1.82, 2.24) is 0 Å². The molecule has 0 heterocycles. The summed E-state index contributed by atoms with van der Waals surface area (Å²) >= 11 is 8.77. The van der Waals surface area contributed by atoms with Crippen LogP contribution in [-0.2, 0) is 6.42 Å². The molecular weight excluding hydrogens is 344 g/mol. The number of aryl methyl sites for hydroxylation is 1. The minimum atomic E-state index is 0.592. The van der Waals surface area contributed by atoms with E-state index in [9.17, 15) is 0 Å². The van der Waals surface area contributed by atoms with E-state index in [1.54, 1.807) is 0 Å². The van der Waals surface area contributed by atoms with Crippen LogP contribution < -0.4 is 10.6 Å². The van der Waals surface area contributed by atoms with Crippen LogP contribution in [0.2, 0.25) is 0 Å². The zero-order valence-electron chi connectivity index (χ0n) is 12.0. The van der Waals surface area contributed by atoms with Gasteiger partial charge in [0.25, 0.3) is 0 Å². The predicted octanol–water partition coefficient (Wildman–Crippen LogP) is 5.60. The number of benzene rings is 2. The Morgan fingerprint density at radius 3 is 2.43 bits per heavy atom. The van der Waals surface area contributed by atoms with Crippen molar-refractivity contribution in [1.29, 1.82) is 0 Å². The number of halogens is 1. The summed E-state index contributed by atoms with van der Waals surface area (Å²) in [6.45, 7) is 2.21. The highest BCUT2D eigenvalue weighted by atomic mass is 79.9. The van der Waals surface area contributed by atoms with E-state index in [4.69, 9.17) is 12.2 Å². The van der Waals surface area contributed by atoms with E-state index in [0.29, 0.717) is 5.11 Å². The molecule has 0 spiro atoms. The van der Waals surface area contributed by atoms with Gasteiger partial charge >= 0.3 is 0 Å². The number of unbranched alkanes of at least 4 members (excludes halogenated alkanes) is 1. The van der Waals surface area contributed by atoms with E-state index in [0.717, 1.165) is 22.3 Å². The van der Waals surface area contributed by atoms with Crippen LogP contribution in [-0.4, -0.2) is 5.11 Å². The lowest BCUT2D eigenvalue weighted by Crippen LogP contribution is -2.18. The first-order chi connectivity index (χ1) is 10.2. The van der Waals surface area contributed by atoms with Gasteiger partial charge in [0.05, 0.1) is 0 Å². The zero-order chi connectivity index (χ0) is 15.1. The maximum Gasteiger partial charge on any atom is 0.175 e. The Morgan fingerprint density at radius 2 is 1.76 bits per heavy atom. The lowest BCUT2D eigenvalue weighted by atomic mass is 10.1. The van der Waals surface area contributed by atoms with Gasteiger partial charge in [-0.2, -0.15) is 0 Å². The molecule has 0 aliphatic rings. The van der Waals surface area contributed by atoms with Crippen molar-refractivity contribution in [3.63, 3.8) is 0 Å². The highest BCUT2D eigenvalue weighted by Crippen LogP contribution is 2.16. The van der Waals surface area contributed by atoms with E-state index < -0.39 is 0 Å². The van der Waals surface area contributed by atoms with Crippen molar-refractivity contribution in [2.75, 3.05) is 10.6 Å². The molecule has 2 rings (SSSR count). The van der Waals surface area contributed by atoms with Gasteiger partial charge in [0, 0.05) is 15.8 Å². The summed E-state index contributed by atoms with van der Waals surface area (Å²) in [5, 5.41) is 6.96. The molecule has 110 valence electrons. The third-order valence-corrected chi connectivity index (χ3v) is 3.81. The quantitative estimate of drug-likeness (QED) is 0.676. The number of hydrogen-bond donors (Lipinski definition) is 2.